The van der Waals surface area contributed by atoms with Crippen molar-refractivity contribution in [3.05, 3.63) is 35.6 Å². The molecule has 1 aliphatic rings. The maximum Gasteiger partial charge on any atom is 0.227 e. The first-order valence-electron chi connectivity index (χ1n) is 9.45. The first-order valence-corrected chi connectivity index (χ1v) is 9.45. The quantitative estimate of drug-likeness (QED) is 0.831. The molecule has 0 atom stereocenters. The Morgan fingerprint density at radius 2 is 1.72 bits per heavy atom. The van der Waals surface area contributed by atoms with E-state index >= 15 is 0 Å². The van der Waals surface area contributed by atoms with Crippen molar-refractivity contribution >= 4 is 5.91 Å². The van der Waals surface area contributed by atoms with Crippen molar-refractivity contribution < 1.29 is 9.18 Å². The van der Waals surface area contributed by atoms with E-state index in [0.717, 1.165) is 37.8 Å². The summed E-state index contributed by atoms with van der Waals surface area (Å²) in [4.78, 5) is 15.1. The molecular formula is C21H33FN2O. The minimum atomic E-state index is -0.263. The van der Waals surface area contributed by atoms with Gasteiger partial charge in [0.05, 0.1) is 6.42 Å². The summed E-state index contributed by atoms with van der Waals surface area (Å²) in [5, 5.41) is 3.69. The summed E-state index contributed by atoms with van der Waals surface area (Å²) in [6.07, 6.45) is 4.33. The molecular weight excluding hydrogens is 315 g/mol. The standard InChI is InChI=1S/C21H33FN2O/c1-6-7-12-24(18-14-20(2,3)23-21(4,5)15-18)19(25)13-16-8-10-17(22)11-9-16/h8-11,18,23H,6-7,12-15H2,1-5H3. The molecule has 2 rings (SSSR count). The van der Waals surface area contributed by atoms with Crippen LogP contribution in [0, 0.1) is 5.82 Å². The number of piperidine rings is 1. The first-order chi connectivity index (χ1) is 11.6. The maximum atomic E-state index is 13.1. The van der Waals surface area contributed by atoms with Gasteiger partial charge in [0, 0.05) is 23.7 Å². The lowest BCUT2D eigenvalue weighted by molar-refractivity contribution is -0.134. The topological polar surface area (TPSA) is 32.3 Å². The number of amides is 1. The number of rotatable bonds is 6. The van der Waals surface area contributed by atoms with Gasteiger partial charge < -0.3 is 10.2 Å². The lowest BCUT2D eigenvalue weighted by atomic mass is 9.79. The van der Waals surface area contributed by atoms with Gasteiger partial charge in [0.15, 0.2) is 0 Å². The minimum absolute atomic E-state index is 0.00698. The van der Waals surface area contributed by atoms with Crippen molar-refractivity contribution in [2.75, 3.05) is 6.54 Å². The third-order valence-corrected chi connectivity index (χ3v) is 4.95. The summed E-state index contributed by atoms with van der Waals surface area (Å²) >= 11 is 0. The van der Waals surface area contributed by atoms with Crippen LogP contribution in [0.25, 0.3) is 0 Å². The molecule has 1 amide bonds. The average molecular weight is 349 g/mol. The van der Waals surface area contributed by atoms with Crippen LogP contribution in [-0.4, -0.2) is 34.5 Å². The molecule has 3 nitrogen and oxygen atoms in total. The van der Waals surface area contributed by atoms with Crippen molar-refractivity contribution in [3.63, 3.8) is 0 Å². The number of nitrogens with zero attached hydrogens (tertiary/aromatic N) is 1. The van der Waals surface area contributed by atoms with Crippen LogP contribution in [0.2, 0.25) is 0 Å². The van der Waals surface area contributed by atoms with E-state index in [2.05, 4.69) is 44.8 Å². The summed E-state index contributed by atoms with van der Waals surface area (Å²) in [7, 11) is 0. The number of halogens is 1. The minimum Gasteiger partial charge on any atom is -0.339 e. The summed E-state index contributed by atoms with van der Waals surface area (Å²) in [5.74, 6) is -0.112. The molecule has 1 aliphatic heterocycles. The van der Waals surface area contributed by atoms with Crippen molar-refractivity contribution in [1.82, 2.24) is 10.2 Å². The van der Waals surface area contributed by atoms with Gasteiger partial charge in [-0.05, 0) is 64.7 Å². The third kappa shape index (κ3) is 5.81. The van der Waals surface area contributed by atoms with Gasteiger partial charge in [-0.3, -0.25) is 4.79 Å². The van der Waals surface area contributed by atoms with Gasteiger partial charge in [-0.15, -0.1) is 0 Å². The Morgan fingerprint density at radius 3 is 2.24 bits per heavy atom. The molecule has 1 aromatic rings. The molecule has 1 heterocycles. The predicted octanol–water partition coefficient (Wildman–Crippen LogP) is 4.31. The average Bonchev–Trinajstić information content (AvgIpc) is 2.47. The summed E-state index contributed by atoms with van der Waals surface area (Å²) in [5.41, 5.74) is 0.889. The molecule has 0 saturated carbocycles. The Morgan fingerprint density at radius 1 is 1.16 bits per heavy atom. The third-order valence-electron chi connectivity index (χ3n) is 4.95. The van der Waals surface area contributed by atoms with E-state index < -0.39 is 0 Å². The van der Waals surface area contributed by atoms with Crippen LogP contribution in [0.5, 0.6) is 0 Å². The van der Waals surface area contributed by atoms with Gasteiger partial charge in [0.25, 0.3) is 0 Å². The fourth-order valence-corrected chi connectivity index (χ4v) is 4.21. The van der Waals surface area contributed by atoms with Gasteiger partial charge in [0.1, 0.15) is 5.82 Å². The molecule has 0 unspecified atom stereocenters. The fraction of sp³-hybridized carbons (Fsp3) is 0.667. The molecule has 0 aliphatic carbocycles. The zero-order valence-electron chi connectivity index (χ0n) is 16.4. The van der Waals surface area contributed by atoms with Crippen molar-refractivity contribution in [2.45, 2.75) is 83.8 Å². The molecule has 4 heteroatoms. The van der Waals surface area contributed by atoms with Crippen molar-refractivity contribution in [2.24, 2.45) is 0 Å². The molecule has 1 N–H and O–H groups in total. The SMILES string of the molecule is CCCCN(C(=O)Cc1ccc(F)cc1)C1CC(C)(C)NC(C)(C)C1. The highest BCUT2D eigenvalue weighted by Gasteiger charge is 2.40. The molecule has 0 spiro atoms. The largest absolute Gasteiger partial charge is 0.339 e. The Kier molecular flexibility index (Phi) is 6.26. The second-order valence-electron chi connectivity index (χ2n) is 8.70. The van der Waals surface area contributed by atoms with Gasteiger partial charge in [-0.2, -0.15) is 0 Å². The number of carbonyl (C=O) groups is 1. The number of unbranched alkanes of at least 4 members (excludes halogenated alkanes) is 1. The molecule has 140 valence electrons. The lowest BCUT2D eigenvalue weighted by Gasteiger charge is -2.49. The highest BCUT2D eigenvalue weighted by Crippen LogP contribution is 2.32. The second kappa shape index (κ2) is 7.86. The van der Waals surface area contributed by atoms with Gasteiger partial charge in [0.2, 0.25) is 5.91 Å². The number of benzene rings is 1. The predicted molar refractivity (Wildman–Crippen MR) is 101 cm³/mol. The van der Waals surface area contributed by atoms with Crippen LogP contribution in [0.4, 0.5) is 4.39 Å². The molecule has 0 radical (unpaired) electrons. The van der Waals surface area contributed by atoms with Crippen LogP contribution in [0.1, 0.15) is 65.9 Å². The number of nitrogens with one attached hydrogen (secondary N) is 1. The Balaban J connectivity index is 2.16. The zero-order valence-corrected chi connectivity index (χ0v) is 16.4. The first kappa shape index (κ1) is 19.9. The van der Waals surface area contributed by atoms with Crippen LogP contribution in [-0.2, 0) is 11.2 Å². The van der Waals surface area contributed by atoms with E-state index in [1.165, 1.54) is 12.1 Å². The summed E-state index contributed by atoms with van der Waals surface area (Å²) in [6, 6.07) is 6.51. The van der Waals surface area contributed by atoms with Crippen LogP contribution >= 0.6 is 0 Å². The molecule has 1 saturated heterocycles. The van der Waals surface area contributed by atoms with E-state index in [-0.39, 0.29) is 28.8 Å². The number of carbonyl (C=O) groups excluding carboxylic acids is 1. The highest BCUT2D eigenvalue weighted by molar-refractivity contribution is 5.79. The molecule has 0 aromatic heterocycles. The van der Waals surface area contributed by atoms with E-state index in [9.17, 15) is 9.18 Å². The Hall–Kier alpha value is -1.42. The molecule has 1 aromatic carbocycles. The Bertz CT molecular complexity index is 564. The fourth-order valence-electron chi connectivity index (χ4n) is 4.21. The van der Waals surface area contributed by atoms with Crippen molar-refractivity contribution in [1.29, 1.82) is 0 Å². The summed E-state index contributed by atoms with van der Waals surface area (Å²) < 4.78 is 13.1. The monoisotopic (exact) mass is 348 g/mol. The number of hydrogen-bond acceptors (Lipinski definition) is 2. The van der Waals surface area contributed by atoms with Crippen LogP contribution in [0.3, 0.4) is 0 Å². The van der Waals surface area contributed by atoms with Gasteiger partial charge in [-0.1, -0.05) is 25.5 Å². The molecule has 0 bridgehead atoms. The zero-order chi connectivity index (χ0) is 18.7. The van der Waals surface area contributed by atoms with Gasteiger partial charge >= 0.3 is 0 Å². The van der Waals surface area contributed by atoms with E-state index in [1.807, 2.05) is 0 Å². The van der Waals surface area contributed by atoms with E-state index in [1.54, 1.807) is 12.1 Å². The normalized spacial score (nSPS) is 19.6. The maximum absolute atomic E-state index is 13.1. The van der Waals surface area contributed by atoms with E-state index in [4.69, 9.17) is 0 Å². The molecule has 25 heavy (non-hydrogen) atoms. The van der Waals surface area contributed by atoms with Crippen LogP contribution < -0.4 is 5.32 Å². The number of hydrogen-bond donors (Lipinski definition) is 1. The summed E-state index contributed by atoms with van der Waals surface area (Å²) in [6.45, 7) is 11.8. The van der Waals surface area contributed by atoms with Crippen LogP contribution in [0.15, 0.2) is 24.3 Å². The Labute approximate surface area is 152 Å². The lowest BCUT2D eigenvalue weighted by Crippen LogP contribution is -2.63. The van der Waals surface area contributed by atoms with Crippen molar-refractivity contribution in [3.8, 4) is 0 Å². The van der Waals surface area contributed by atoms with E-state index in [0.29, 0.717) is 6.42 Å². The molecule has 1 fully saturated rings. The highest BCUT2D eigenvalue weighted by atomic mass is 19.1. The smallest absolute Gasteiger partial charge is 0.227 e. The second-order valence-corrected chi connectivity index (χ2v) is 8.70. The van der Waals surface area contributed by atoms with Gasteiger partial charge in [-0.25, -0.2) is 4.39 Å².